The Bertz CT molecular complexity index is 235. The van der Waals surface area contributed by atoms with E-state index in [1.807, 2.05) is 0 Å². The molecule has 16 heavy (non-hydrogen) atoms. The quantitative estimate of drug-likeness (QED) is 0.760. The average molecular weight is 228 g/mol. The van der Waals surface area contributed by atoms with Crippen LogP contribution in [0, 0.1) is 23.7 Å². The highest BCUT2D eigenvalue weighted by molar-refractivity contribution is 5.71. The molecule has 1 aliphatic rings. The van der Waals surface area contributed by atoms with Crippen molar-refractivity contribution in [1.82, 2.24) is 0 Å². The standard InChI is InChI=1S/C13H24O3/c1-4-9(5-2)8(3)10-6-7-11(12(10)14)13(15)16/h8-12,14H,4-7H2,1-3H3,(H,15,16)/t8?,10-,11+,12+/m1/s1. The second-order valence-corrected chi connectivity index (χ2v) is 5.11. The van der Waals surface area contributed by atoms with Crippen molar-refractivity contribution in [3.8, 4) is 0 Å². The molecule has 1 unspecified atom stereocenters. The van der Waals surface area contributed by atoms with Crippen LogP contribution in [0.4, 0.5) is 0 Å². The lowest BCUT2D eigenvalue weighted by molar-refractivity contribution is -0.145. The molecule has 0 saturated heterocycles. The number of hydrogen-bond acceptors (Lipinski definition) is 2. The number of aliphatic carboxylic acids is 1. The summed E-state index contributed by atoms with van der Waals surface area (Å²) >= 11 is 0. The molecule has 4 atom stereocenters. The zero-order valence-electron chi connectivity index (χ0n) is 10.5. The van der Waals surface area contributed by atoms with E-state index in [-0.39, 0.29) is 5.92 Å². The molecule has 0 aromatic rings. The minimum atomic E-state index is -0.841. The van der Waals surface area contributed by atoms with Crippen LogP contribution in [-0.4, -0.2) is 22.3 Å². The highest BCUT2D eigenvalue weighted by atomic mass is 16.4. The van der Waals surface area contributed by atoms with Gasteiger partial charge >= 0.3 is 5.97 Å². The molecular formula is C13H24O3. The molecule has 0 bridgehead atoms. The summed E-state index contributed by atoms with van der Waals surface area (Å²) in [5, 5.41) is 19.0. The van der Waals surface area contributed by atoms with Crippen LogP contribution in [0.3, 0.4) is 0 Å². The minimum absolute atomic E-state index is 0.172. The van der Waals surface area contributed by atoms with Crippen molar-refractivity contribution < 1.29 is 15.0 Å². The van der Waals surface area contributed by atoms with E-state index in [2.05, 4.69) is 20.8 Å². The molecule has 0 spiro atoms. The van der Waals surface area contributed by atoms with Gasteiger partial charge < -0.3 is 10.2 Å². The fraction of sp³-hybridized carbons (Fsp3) is 0.923. The summed E-state index contributed by atoms with van der Waals surface area (Å²) in [5.74, 6) is -0.180. The molecule has 3 nitrogen and oxygen atoms in total. The normalized spacial score (nSPS) is 31.9. The van der Waals surface area contributed by atoms with Gasteiger partial charge in [0.2, 0.25) is 0 Å². The van der Waals surface area contributed by atoms with Gasteiger partial charge in [0.05, 0.1) is 12.0 Å². The van der Waals surface area contributed by atoms with E-state index in [9.17, 15) is 9.90 Å². The zero-order chi connectivity index (χ0) is 12.3. The summed E-state index contributed by atoms with van der Waals surface area (Å²) in [5.41, 5.74) is 0. The summed E-state index contributed by atoms with van der Waals surface area (Å²) in [6.07, 6.45) is 3.06. The van der Waals surface area contributed by atoms with Crippen LogP contribution < -0.4 is 0 Å². The zero-order valence-corrected chi connectivity index (χ0v) is 10.5. The third kappa shape index (κ3) is 2.57. The van der Waals surface area contributed by atoms with E-state index in [0.29, 0.717) is 18.3 Å². The van der Waals surface area contributed by atoms with Gasteiger partial charge in [-0.1, -0.05) is 33.6 Å². The molecular weight excluding hydrogens is 204 g/mol. The summed E-state index contributed by atoms with van der Waals surface area (Å²) in [7, 11) is 0. The predicted octanol–water partition coefficient (Wildman–Crippen LogP) is 2.53. The summed E-state index contributed by atoms with van der Waals surface area (Å²) in [4.78, 5) is 10.9. The first-order valence-corrected chi connectivity index (χ1v) is 6.43. The summed E-state index contributed by atoms with van der Waals surface area (Å²) in [6.45, 7) is 6.50. The molecule has 1 rings (SSSR count). The second kappa shape index (κ2) is 5.67. The van der Waals surface area contributed by atoms with Gasteiger partial charge in [0, 0.05) is 0 Å². The number of aliphatic hydroxyl groups excluding tert-OH is 1. The van der Waals surface area contributed by atoms with Crippen molar-refractivity contribution in [2.75, 3.05) is 0 Å². The Kier molecular flexibility index (Phi) is 4.78. The van der Waals surface area contributed by atoms with Crippen LogP contribution in [0.25, 0.3) is 0 Å². The van der Waals surface area contributed by atoms with Crippen LogP contribution in [0.15, 0.2) is 0 Å². The first kappa shape index (κ1) is 13.5. The molecule has 0 aromatic heterocycles. The van der Waals surface area contributed by atoms with Gasteiger partial charge in [0.15, 0.2) is 0 Å². The fourth-order valence-corrected chi connectivity index (χ4v) is 3.24. The Morgan fingerprint density at radius 3 is 2.25 bits per heavy atom. The van der Waals surface area contributed by atoms with Gasteiger partial charge in [-0.25, -0.2) is 0 Å². The maximum Gasteiger partial charge on any atom is 0.309 e. The molecule has 1 aliphatic carbocycles. The Morgan fingerprint density at radius 2 is 1.88 bits per heavy atom. The molecule has 0 amide bonds. The lowest BCUT2D eigenvalue weighted by atomic mass is 9.78. The topological polar surface area (TPSA) is 57.5 Å². The number of carboxylic acid groups (broad SMARTS) is 1. The number of carbonyl (C=O) groups is 1. The largest absolute Gasteiger partial charge is 0.481 e. The first-order valence-electron chi connectivity index (χ1n) is 6.43. The summed E-state index contributed by atoms with van der Waals surface area (Å²) in [6, 6.07) is 0. The molecule has 1 saturated carbocycles. The van der Waals surface area contributed by atoms with Gasteiger partial charge in [-0.15, -0.1) is 0 Å². The molecule has 3 heteroatoms. The van der Waals surface area contributed by atoms with Crippen molar-refractivity contribution in [2.45, 2.75) is 52.6 Å². The van der Waals surface area contributed by atoms with E-state index in [1.165, 1.54) is 0 Å². The molecule has 94 valence electrons. The lowest BCUT2D eigenvalue weighted by Gasteiger charge is -2.29. The predicted molar refractivity (Wildman–Crippen MR) is 63.1 cm³/mol. The van der Waals surface area contributed by atoms with Gasteiger partial charge in [0.25, 0.3) is 0 Å². The average Bonchev–Trinajstić information content (AvgIpc) is 2.61. The molecule has 0 aliphatic heterocycles. The number of rotatable bonds is 5. The smallest absolute Gasteiger partial charge is 0.309 e. The van der Waals surface area contributed by atoms with E-state index >= 15 is 0 Å². The van der Waals surface area contributed by atoms with Gasteiger partial charge in [-0.2, -0.15) is 0 Å². The molecule has 0 radical (unpaired) electrons. The molecule has 0 heterocycles. The maximum atomic E-state index is 10.9. The SMILES string of the molecule is CCC(CC)C(C)[C@H]1CC[C@H](C(=O)O)[C@H]1O. The highest BCUT2D eigenvalue weighted by Gasteiger charge is 2.42. The van der Waals surface area contributed by atoms with Crippen LogP contribution in [0.1, 0.15) is 46.5 Å². The maximum absolute atomic E-state index is 10.9. The lowest BCUT2D eigenvalue weighted by Crippen LogP contribution is -2.32. The van der Waals surface area contributed by atoms with Crippen LogP contribution in [0.2, 0.25) is 0 Å². The number of aliphatic hydroxyl groups is 1. The number of carboxylic acids is 1. The van der Waals surface area contributed by atoms with Gasteiger partial charge in [-0.05, 0) is 30.6 Å². The van der Waals surface area contributed by atoms with Crippen molar-refractivity contribution in [1.29, 1.82) is 0 Å². The highest BCUT2D eigenvalue weighted by Crippen LogP contribution is 2.40. The minimum Gasteiger partial charge on any atom is -0.481 e. The summed E-state index contributed by atoms with van der Waals surface area (Å²) < 4.78 is 0. The molecule has 2 N–H and O–H groups in total. The monoisotopic (exact) mass is 228 g/mol. The van der Waals surface area contributed by atoms with Gasteiger partial charge in [-0.3, -0.25) is 4.79 Å². The Hall–Kier alpha value is -0.570. The van der Waals surface area contributed by atoms with Crippen LogP contribution >= 0.6 is 0 Å². The van der Waals surface area contributed by atoms with Crippen molar-refractivity contribution >= 4 is 5.97 Å². The van der Waals surface area contributed by atoms with Crippen LogP contribution in [-0.2, 0) is 4.79 Å². The van der Waals surface area contributed by atoms with E-state index in [4.69, 9.17) is 5.11 Å². The van der Waals surface area contributed by atoms with Crippen LogP contribution in [0.5, 0.6) is 0 Å². The van der Waals surface area contributed by atoms with Crippen molar-refractivity contribution in [2.24, 2.45) is 23.7 Å². The fourth-order valence-electron chi connectivity index (χ4n) is 3.24. The Labute approximate surface area is 97.9 Å². The van der Waals surface area contributed by atoms with E-state index in [0.717, 1.165) is 19.3 Å². The number of hydrogen-bond donors (Lipinski definition) is 2. The first-order chi connectivity index (χ1) is 7.52. The van der Waals surface area contributed by atoms with E-state index in [1.54, 1.807) is 0 Å². The molecule has 1 fully saturated rings. The van der Waals surface area contributed by atoms with Crippen molar-refractivity contribution in [3.63, 3.8) is 0 Å². The third-order valence-corrected chi connectivity index (χ3v) is 4.45. The Morgan fingerprint density at radius 1 is 1.31 bits per heavy atom. The molecule has 0 aromatic carbocycles. The second-order valence-electron chi connectivity index (χ2n) is 5.11. The third-order valence-electron chi connectivity index (χ3n) is 4.45. The Balaban J connectivity index is 2.65. The van der Waals surface area contributed by atoms with E-state index < -0.39 is 18.0 Å². The van der Waals surface area contributed by atoms with Crippen molar-refractivity contribution in [3.05, 3.63) is 0 Å². The van der Waals surface area contributed by atoms with Gasteiger partial charge in [0.1, 0.15) is 0 Å².